The number of aliphatic carboxylic acids is 1. The van der Waals surface area contributed by atoms with Gasteiger partial charge < -0.3 is 10.4 Å². The number of carbonyl (C=O) groups excluding carboxylic acids is 1. The predicted octanol–water partition coefficient (Wildman–Crippen LogP) is 6.78. The molecule has 35 heavy (non-hydrogen) atoms. The lowest BCUT2D eigenvalue weighted by Crippen LogP contribution is -2.27. The fourth-order valence-corrected chi connectivity index (χ4v) is 5.13. The molecule has 0 saturated heterocycles. The molecule has 0 aliphatic heterocycles. The number of hydrogen-bond donors (Lipinski definition) is 2. The van der Waals surface area contributed by atoms with Crippen molar-refractivity contribution in [2.75, 3.05) is 5.32 Å². The van der Waals surface area contributed by atoms with Gasteiger partial charge in [-0.15, -0.1) is 0 Å². The van der Waals surface area contributed by atoms with Crippen molar-refractivity contribution in [1.29, 1.82) is 0 Å². The molecule has 182 valence electrons. The number of carbonyl (C=O) groups is 2. The fraction of sp³-hybridized carbons (Fsp3) is 0.321. The number of pyridine rings is 1. The van der Waals surface area contributed by atoms with Crippen molar-refractivity contribution >= 4 is 29.2 Å². The van der Waals surface area contributed by atoms with Crippen LogP contribution in [0.4, 0.5) is 10.1 Å². The Morgan fingerprint density at radius 3 is 2.49 bits per heavy atom. The van der Waals surface area contributed by atoms with Crippen LogP contribution in [0.1, 0.15) is 54.7 Å². The molecule has 0 radical (unpaired) electrons. The average molecular weight is 495 g/mol. The van der Waals surface area contributed by atoms with E-state index in [0.29, 0.717) is 21.8 Å². The summed E-state index contributed by atoms with van der Waals surface area (Å²) in [6.07, 6.45) is 7.52. The lowest BCUT2D eigenvalue weighted by Gasteiger charge is -2.24. The zero-order chi connectivity index (χ0) is 24.9. The number of hydrogen-bond acceptors (Lipinski definition) is 3. The molecule has 7 heteroatoms. The normalized spacial score (nSPS) is 14.6. The summed E-state index contributed by atoms with van der Waals surface area (Å²) in [7, 11) is 0. The second kappa shape index (κ2) is 11.0. The molecule has 1 unspecified atom stereocenters. The summed E-state index contributed by atoms with van der Waals surface area (Å²) < 4.78 is 14.3. The van der Waals surface area contributed by atoms with Gasteiger partial charge in [-0.05, 0) is 72.6 Å². The van der Waals surface area contributed by atoms with E-state index in [1.54, 1.807) is 19.3 Å². The van der Waals surface area contributed by atoms with Gasteiger partial charge in [0.1, 0.15) is 5.82 Å². The molecule has 1 aliphatic carbocycles. The minimum atomic E-state index is -0.947. The van der Waals surface area contributed by atoms with Crippen molar-refractivity contribution in [3.63, 3.8) is 0 Å². The summed E-state index contributed by atoms with van der Waals surface area (Å²) in [5.41, 5.74) is 4.43. The molecule has 1 aliphatic rings. The van der Waals surface area contributed by atoms with Gasteiger partial charge in [0.05, 0.1) is 10.9 Å². The predicted molar refractivity (Wildman–Crippen MR) is 135 cm³/mol. The Morgan fingerprint density at radius 2 is 1.83 bits per heavy atom. The van der Waals surface area contributed by atoms with Crippen molar-refractivity contribution in [3.05, 3.63) is 82.4 Å². The van der Waals surface area contributed by atoms with E-state index in [2.05, 4.69) is 10.3 Å². The van der Waals surface area contributed by atoms with Gasteiger partial charge in [-0.2, -0.15) is 0 Å². The van der Waals surface area contributed by atoms with E-state index in [1.807, 2.05) is 30.3 Å². The van der Waals surface area contributed by atoms with Crippen LogP contribution < -0.4 is 5.32 Å². The molecule has 1 amide bonds. The van der Waals surface area contributed by atoms with Crippen LogP contribution in [0.3, 0.4) is 0 Å². The van der Waals surface area contributed by atoms with Crippen LogP contribution in [0.2, 0.25) is 5.02 Å². The van der Waals surface area contributed by atoms with Crippen LogP contribution in [0.15, 0.2) is 54.9 Å². The standard InChI is InChI=1S/C28H28ClFN2O3/c1-17-21(10-11-26(33)34)13-24(30)14-25(17)32-28(35)27(19-4-2-3-5-19)20-8-6-18(7-9-20)22-12-23(29)16-31-15-22/h6-9,12-16,19,27H,2-5,10-11H2,1H3,(H,32,35)(H,33,34). The highest BCUT2D eigenvalue weighted by atomic mass is 35.5. The first-order valence-corrected chi connectivity index (χ1v) is 12.2. The van der Waals surface area contributed by atoms with Crippen molar-refractivity contribution < 1.29 is 19.1 Å². The average Bonchev–Trinajstić information content (AvgIpc) is 3.35. The maximum Gasteiger partial charge on any atom is 0.303 e. The minimum Gasteiger partial charge on any atom is -0.481 e. The first-order chi connectivity index (χ1) is 16.8. The van der Waals surface area contributed by atoms with Crippen molar-refractivity contribution in [3.8, 4) is 11.1 Å². The molecule has 1 atom stereocenters. The molecule has 4 rings (SSSR count). The Balaban J connectivity index is 1.60. The topological polar surface area (TPSA) is 79.3 Å². The van der Waals surface area contributed by atoms with Gasteiger partial charge in [-0.3, -0.25) is 14.6 Å². The zero-order valence-electron chi connectivity index (χ0n) is 19.6. The number of nitrogens with zero attached hydrogens (tertiary/aromatic N) is 1. The molecule has 5 nitrogen and oxygen atoms in total. The zero-order valence-corrected chi connectivity index (χ0v) is 20.3. The number of carboxylic acids is 1. The van der Waals surface area contributed by atoms with E-state index in [-0.39, 0.29) is 30.6 Å². The van der Waals surface area contributed by atoms with E-state index >= 15 is 0 Å². The molecule has 2 aromatic carbocycles. The van der Waals surface area contributed by atoms with Crippen molar-refractivity contribution in [2.45, 2.75) is 51.4 Å². The third-order valence-corrected chi connectivity index (χ3v) is 7.01. The number of nitrogens with one attached hydrogen (secondary N) is 1. The summed E-state index contributed by atoms with van der Waals surface area (Å²) in [5.74, 6) is -1.78. The van der Waals surface area contributed by atoms with Crippen LogP contribution in [0, 0.1) is 18.7 Å². The Hall–Kier alpha value is -3.25. The number of aryl methyl sites for hydroxylation is 1. The van der Waals surface area contributed by atoms with E-state index in [4.69, 9.17) is 16.7 Å². The first-order valence-electron chi connectivity index (χ1n) is 11.8. The maximum atomic E-state index is 14.3. The van der Waals surface area contributed by atoms with Crippen molar-refractivity contribution in [2.24, 2.45) is 5.92 Å². The molecule has 1 saturated carbocycles. The molecule has 3 aromatic rings. The third-order valence-electron chi connectivity index (χ3n) is 6.81. The van der Waals surface area contributed by atoms with Crippen LogP contribution in [-0.4, -0.2) is 22.0 Å². The quantitative estimate of drug-likeness (QED) is 0.361. The van der Waals surface area contributed by atoms with E-state index in [9.17, 15) is 14.0 Å². The highest BCUT2D eigenvalue weighted by Crippen LogP contribution is 2.39. The highest BCUT2D eigenvalue weighted by Gasteiger charge is 2.32. The Labute approximate surface area is 209 Å². The van der Waals surface area contributed by atoms with E-state index < -0.39 is 11.8 Å². The molecule has 1 fully saturated rings. The van der Waals surface area contributed by atoms with E-state index in [0.717, 1.165) is 42.4 Å². The third kappa shape index (κ3) is 6.06. The number of rotatable bonds is 8. The lowest BCUT2D eigenvalue weighted by atomic mass is 9.83. The van der Waals surface area contributed by atoms with Gasteiger partial charge in [-0.1, -0.05) is 48.7 Å². The van der Waals surface area contributed by atoms with Gasteiger partial charge in [0, 0.05) is 30.1 Å². The monoisotopic (exact) mass is 494 g/mol. The number of aromatic nitrogens is 1. The van der Waals surface area contributed by atoms with Gasteiger partial charge in [0.25, 0.3) is 0 Å². The largest absolute Gasteiger partial charge is 0.481 e. The fourth-order valence-electron chi connectivity index (χ4n) is 4.96. The SMILES string of the molecule is Cc1c(CCC(=O)O)cc(F)cc1NC(=O)C(c1ccc(-c2cncc(Cl)c2)cc1)C1CCCC1. The highest BCUT2D eigenvalue weighted by molar-refractivity contribution is 6.30. The van der Waals surface area contributed by atoms with Crippen LogP contribution in [0.25, 0.3) is 11.1 Å². The Kier molecular flexibility index (Phi) is 7.81. The number of anilines is 1. The summed E-state index contributed by atoms with van der Waals surface area (Å²) in [4.78, 5) is 28.7. The van der Waals surface area contributed by atoms with Crippen LogP contribution in [0.5, 0.6) is 0 Å². The minimum absolute atomic E-state index is 0.100. The van der Waals surface area contributed by atoms with Gasteiger partial charge in [-0.25, -0.2) is 4.39 Å². The van der Waals surface area contributed by atoms with Gasteiger partial charge in [0.2, 0.25) is 5.91 Å². The number of benzene rings is 2. The summed E-state index contributed by atoms with van der Waals surface area (Å²) in [6.45, 7) is 1.78. The van der Waals surface area contributed by atoms with Gasteiger partial charge >= 0.3 is 5.97 Å². The maximum absolute atomic E-state index is 14.3. The summed E-state index contributed by atoms with van der Waals surface area (Å²) in [6, 6.07) is 12.4. The number of carboxylic acid groups (broad SMARTS) is 1. The number of halogens is 2. The van der Waals surface area contributed by atoms with Crippen molar-refractivity contribution in [1.82, 2.24) is 4.98 Å². The second-order valence-corrected chi connectivity index (χ2v) is 9.59. The van der Waals surface area contributed by atoms with Crippen LogP contribution >= 0.6 is 11.6 Å². The smallest absolute Gasteiger partial charge is 0.303 e. The summed E-state index contributed by atoms with van der Waals surface area (Å²) >= 11 is 6.08. The Morgan fingerprint density at radius 1 is 1.11 bits per heavy atom. The molecule has 0 bridgehead atoms. The molecule has 1 aromatic heterocycles. The van der Waals surface area contributed by atoms with Crippen LogP contribution in [-0.2, 0) is 16.0 Å². The molecule has 0 spiro atoms. The van der Waals surface area contributed by atoms with Gasteiger partial charge in [0.15, 0.2) is 0 Å². The van der Waals surface area contributed by atoms with E-state index in [1.165, 1.54) is 12.1 Å². The summed E-state index contributed by atoms with van der Waals surface area (Å²) in [5, 5.41) is 12.5. The first kappa shape index (κ1) is 24.9. The number of amides is 1. The Bertz CT molecular complexity index is 1220. The lowest BCUT2D eigenvalue weighted by molar-refractivity contribution is -0.137. The molecular formula is C28H28ClFN2O3. The molecular weight excluding hydrogens is 467 g/mol. The second-order valence-electron chi connectivity index (χ2n) is 9.16. The molecule has 1 heterocycles. The molecule has 2 N–H and O–H groups in total.